The summed E-state index contributed by atoms with van der Waals surface area (Å²) in [5, 5.41) is 3.58. The van der Waals surface area contributed by atoms with E-state index in [4.69, 9.17) is 5.73 Å². The van der Waals surface area contributed by atoms with E-state index < -0.39 is 0 Å². The summed E-state index contributed by atoms with van der Waals surface area (Å²) in [7, 11) is 0. The largest absolute Gasteiger partial charge is 0.398 e. The number of thioether (sulfide) groups is 1. The summed E-state index contributed by atoms with van der Waals surface area (Å²) in [5.74, 6) is 1.16. The molecule has 1 atom stereocenters. The second-order valence-corrected chi connectivity index (χ2v) is 5.96. The SMILES string of the molecule is Cc1ccc(SCCC2CCCCN2)c(N)c1. The molecule has 3 heteroatoms. The molecule has 0 bridgehead atoms. The summed E-state index contributed by atoms with van der Waals surface area (Å²) in [6.45, 7) is 3.28. The van der Waals surface area contributed by atoms with Crippen molar-refractivity contribution in [2.75, 3.05) is 18.0 Å². The number of aryl methyl sites for hydroxylation is 1. The van der Waals surface area contributed by atoms with Crippen molar-refractivity contribution in [2.45, 2.75) is 43.5 Å². The van der Waals surface area contributed by atoms with Gasteiger partial charge in [0.1, 0.15) is 0 Å². The van der Waals surface area contributed by atoms with Crippen molar-refractivity contribution in [1.29, 1.82) is 0 Å². The molecule has 0 aliphatic carbocycles. The second-order valence-electron chi connectivity index (χ2n) is 4.83. The predicted octanol–water partition coefficient (Wildman–Crippen LogP) is 3.20. The van der Waals surface area contributed by atoms with Crippen molar-refractivity contribution >= 4 is 17.4 Å². The molecule has 1 aromatic carbocycles. The smallest absolute Gasteiger partial charge is 0.0454 e. The fourth-order valence-corrected chi connectivity index (χ4v) is 3.29. The van der Waals surface area contributed by atoms with Crippen LogP contribution in [0, 0.1) is 6.92 Å². The van der Waals surface area contributed by atoms with E-state index in [1.54, 1.807) is 0 Å². The lowest BCUT2D eigenvalue weighted by molar-refractivity contribution is 0.395. The van der Waals surface area contributed by atoms with E-state index >= 15 is 0 Å². The first-order chi connectivity index (χ1) is 8.25. The monoisotopic (exact) mass is 250 g/mol. The van der Waals surface area contributed by atoms with Crippen molar-refractivity contribution in [2.24, 2.45) is 0 Å². The van der Waals surface area contributed by atoms with Gasteiger partial charge in [-0.25, -0.2) is 0 Å². The normalized spacial score (nSPS) is 20.4. The molecule has 2 nitrogen and oxygen atoms in total. The van der Waals surface area contributed by atoms with Gasteiger partial charge in [-0.05, 0) is 56.2 Å². The van der Waals surface area contributed by atoms with Crippen LogP contribution in [0.25, 0.3) is 0 Å². The van der Waals surface area contributed by atoms with Gasteiger partial charge in [0.25, 0.3) is 0 Å². The Balaban J connectivity index is 1.77. The van der Waals surface area contributed by atoms with Gasteiger partial charge in [0.15, 0.2) is 0 Å². The molecule has 0 saturated carbocycles. The van der Waals surface area contributed by atoms with Gasteiger partial charge >= 0.3 is 0 Å². The van der Waals surface area contributed by atoms with E-state index in [0.717, 1.165) is 17.5 Å². The van der Waals surface area contributed by atoms with Crippen molar-refractivity contribution in [1.82, 2.24) is 5.32 Å². The number of piperidine rings is 1. The lowest BCUT2D eigenvalue weighted by atomic mass is 10.0. The molecule has 0 amide bonds. The minimum atomic E-state index is 0.725. The zero-order valence-electron chi connectivity index (χ0n) is 10.5. The van der Waals surface area contributed by atoms with Crippen LogP contribution in [0.1, 0.15) is 31.2 Å². The Labute approximate surface area is 108 Å². The Kier molecular flexibility index (Phi) is 4.75. The number of benzene rings is 1. The van der Waals surface area contributed by atoms with Crippen LogP contribution in [0.4, 0.5) is 5.69 Å². The van der Waals surface area contributed by atoms with Crippen LogP contribution in [0.5, 0.6) is 0 Å². The summed E-state index contributed by atoms with van der Waals surface area (Å²) < 4.78 is 0. The second kappa shape index (κ2) is 6.31. The van der Waals surface area contributed by atoms with Crippen LogP contribution in [0.15, 0.2) is 23.1 Å². The number of hydrogen-bond acceptors (Lipinski definition) is 3. The molecule has 1 heterocycles. The Morgan fingerprint density at radius 1 is 1.41 bits per heavy atom. The average molecular weight is 250 g/mol. The Morgan fingerprint density at radius 2 is 2.29 bits per heavy atom. The fraction of sp³-hybridized carbons (Fsp3) is 0.571. The Bertz CT molecular complexity index is 359. The summed E-state index contributed by atoms with van der Waals surface area (Å²) in [6.07, 6.45) is 5.31. The fourth-order valence-electron chi connectivity index (χ4n) is 2.28. The van der Waals surface area contributed by atoms with Gasteiger partial charge in [0.2, 0.25) is 0 Å². The van der Waals surface area contributed by atoms with Crippen molar-refractivity contribution < 1.29 is 0 Å². The standard InChI is InChI=1S/C14H22N2S/c1-11-5-6-14(13(15)10-11)17-9-7-12-4-2-3-8-16-12/h5-6,10,12,16H,2-4,7-9,15H2,1H3. The maximum absolute atomic E-state index is 6.00. The maximum atomic E-state index is 6.00. The van der Waals surface area contributed by atoms with Gasteiger partial charge in [0, 0.05) is 16.6 Å². The molecular weight excluding hydrogens is 228 g/mol. The van der Waals surface area contributed by atoms with E-state index in [1.165, 1.54) is 42.7 Å². The van der Waals surface area contributed by atoms with Gasteiger partial charge in [-0.2, -0.15) is 0 Å². The molecular formula is C14H22N2S. The Hall–Kier alpha value is -0.670. The molecule has 0 aromatic heterocycles. The van der Waals surface area contributed by atoms with Crippen molar-refractivity contribution in [3.8, 4) is 0 Å². The molecule has 2 rings (SSSR count). The van der Waals surface area contributed by atoms with E-state index in [2.05, 4.69) is 30.4 Å². The van der Waals surface area contributed by atoms with Crippen LogP contribution < -0.4 is 11.1 Å². The van der Waals surface area contributed by atoms with E-state index in [1.807, 2.05) is 11.8 Å². The number of anilines is 1. The van der Waals surface area contributed by atoms with Crippen LogP contribution in [0.2, 0.25) is 0 Å². The van der Waals surface area contributed by atoms with E-state index in [0.29, 0.717) is 0 Å². The molecule has 1 aliphatic heterocycles. The Morgan fingerprint density at radius 3 is 3.00 bits per heavy atom. The number of nitrogen functional groups attached to an aromatic ring is 1. The van der Waals surface area contributed by atoms with Crippen molar-refractivity contribution in [3.63, 3.8) is 0 Å². The lowest BCUT2D eigenvalue weighted by Crippen LogP contribution is -2.34. The van der Waals surface area contributed by atoms with Crippen molar-refractivity contribution in [3.05, 3.63) is 23.8 Å². The highest BCUT2D eigenvalue weighted by molar-refractivity contribution is 7.99. The molecule has 1 aromatic rings. The number of rotatable bonds is 4. The minimum Gasteiger partial charge on any atom is -0.398 e. The third-order valence-electron chi connectivity index (χ3n) is 3.30. The molecule has 3 N–H and O–H groups in total. The lowest BCUT2D eigenvalue weighted by Gasteiger charge is -2.23. The van der Waals surface area contributed by atoms with E-state index in [9.17, 15) is 0 Å². The summed E-state index contributed by atoms with van der Waals surface area (Å²) in [5.41, 5.74) is 8.16. The predicted molar refractivity (Wildman–Crippen MR) is 76.6 cm³/mol. The summed E-state index contributed by atoms with van der Waals surface area (Å²) >= 11 is 1.88. The number of nitrogens with two attached hydrogens (primary N) is 1. The highest BCUT2D eigenvalue weighted by Gasteiger charge is 2.12. The zero-order valence-corrected chi connectivity index (χ0v) is 11.4. The molecule has 1 saturated heterocycles. The highest BCUT2D eigenvalue weighted by atomic mass is 32.2. The first kappa shape index (κ1) is 12.8. The first-order valence-corrected chi connectivity index (χ1v) is 7.46. The summed E-state index contributed by atoms with van der Waals surface area (Å²) in [4.78, 5) is 1.23. The third kappa shape index (κ3) is 3.93. The number of hydrogen-bond donors (Lipinski definition) is 2. The van der Waals surface area contributed by atoms with Gasteiger partial charge in [-0.1, -0.05) is 12.5 Å². The molecule has 17 heavy (non-hydrogen) atoms. The molecule has 0 radical (unpaired) electrons. The summed E-state index contributed by atoms with van der Waals surface area (Å²) in [6, 6.07) is 7.06. The third-order valence-corrected chi connectivity index (χ3v) is 4.42. The van der Waals surface area contributed by atoms with Gasteiger partial charge < -0.3 is 11.1 Å². The quantitative estimate of drug-likeness (QED) is 0.636. The highest BCUT2D eigenvalue weighted by Crippen LogP contribution is 2.27. The molecule has 1 unspecified atom stereocenters. The zero-order chi connectivity index (χ0) is 12.1. The van der Waals surface area contributed by atoms with E-state index in [-0.39, 0.29) is 0 Å². The number of nitrogens with one attached hydrogen (secondary N) is 1. The van der Waals surface area contributed by atoms with Crippen LogP contribution in [-0.4, -0.2) is 18.3 Å². The van der Waals surface area contributed by atoms with Crippen LogP contribution >= 0.6 is 11.8 Å². The molecule has 0 spiro atoms. The minimum absolute atomic E-state index is 0.725. The van der Waals surface area contributed by atoms with Crippen LogP contribution in [0.3, 0.4) is 0 Å². The topological polar surface area (TPSA) is 38.0 Å². The molecule has 1 aliphatic rings. The first-order valence-electron chi connectivity index (χ1n) is 6.48. The van der Waals surface area contributed by atoms with Gasteiger partial charge in [0.05, 0.1) is 0 Å². The maximum Gasteiger partial charge on any atom is 0.0454 e. The van der Waals surface area contributed by atoms with Crippen LogP contribution in [-0.2, 0) is 0 Å². The molecule has 1 fully saturated rings. The van der Waals surface area contributed by atoms with Gasteiger partial charge in [-0.15, -0.1) is 11.8 Å². The molecule has 94 valence electrons. The van der Waals surface area contributed by atoms with Gasteiger partial charge in [-0.3, -0.25) is 0 Å². The average Bonchev–Trinajstić information content (AvgIpc) is 2.33.